The fourth-order valence-corrected chi connectivity index (χ4v) is 2.51. The van der Waals surface area contributed by atoms with Crippen molar-refractivity contribution in [1.82, 2.24) is 5.32 Å². The highest BCUT2D eigenvalue weighted by Crippen LogP contribution is 2.36. The molecule has 2 atom stereocenters. The van der Waals surface area contributed by atoms with Gasteiger partial charge < -0.3 is 9.53 Å². The van der Waals surface area contributed by atoms with E-state index in [1.54, 1.807) is 0 Å². The lowest BCUT2D eigenvalue weighted by molar-refractivity contribution is 0.145. The molecule has 15 heavy (non-hydrogen) atoms. The molecular weight excluding hydrogens is 206 g/mol. The molecule has 1 rings (SSSR count). The zero-order chi connectivity index (χ0) is 11.7. The van der Waals surface area contributed by atoms with Crippen LogP contribution in [-0.4, -0.2) is 32.3 Å². The summed E-state index contributed by atoms with van der Waals surface area (Å²) in [6.45, 7) is 12.0. The molecule has 0 aromatic rings. The first-order valence-electron chi connectivity index (χ1n) is 5.80. The van der Waals surface area contributed by atoms with E-state index in [0.717, 1.165) is 19.4 Å². The second-order valence-electron chi connectivity index (χ2n) is 6.03. The van der Waals surface area contributed by atoms with Gasteiger partial charge >= 0.3 is 0 Å². The van der Waals surface area contributed by atoms with Crippen LogP contribution in [0.15, 0.2) is 0 Å². The third kappa shape index (κ3) is 3.55. The first-order valence-corrected chi connectivity index (χ1v) is 8.71. The van der Waals surface area contributed by atoms with Crippen LogP contribution < -0.4 is 5.32 Å². The van der Waals surface area contributed by atoms with Crippen molar-refractivity contribution in [3.8, 4) is 0 Å². The van der Waals surface area contributed by atoms with Crippen LogP contribution in [0, 0.1) is 0 Å². The fraction of sp³-hybridized carbons (Fsp3) is 1.00. The van der Waals surface area contributed by atoms with Gasteiger partial charge in [-0.1, -0.05) is 20.8 Å². The molecular formula is C11H25NO2Si. The molecule has 1 saturated heterocycles. The predicted molar refractivity (Wildman–Crippen MR) is 65.3 cm³/mol. The molecule has 2 N–H and O–H groups in total. The molecule has 90 valence electrons. The molecule has 1 heterocycles. The smallest absolute Gasteiger partial charge is 0.192 e. The lowest BCUT2D eigenvalue weighted by Crippen LogP contribution is -2.44. The molecule has 4 heteroatoms. The Labute approximate surface area is 94.3 Å². The van der Waals surface area contributed by atoms with Crippen LogP contribution in [0.2, 0.25) is 18.1 Å². The van der Waals surface area contributed by atoms with Gasteiger partial charge in [0.15, 0.2) is 8.32 Å². The maximum atomic E-state index is 9.33. The Morgan fingerprint density at radius 3 is 2.33 bits per heavy atom. The van der Waals surface area contributed by atoms with Crippen LogP contribution in [0.4, 0.5) is 0 Å². The summed E-state index contributed by atoms with van der Waals surface area (Å²) in [6, 6.07) is 0.342. The minimum atomic E-state index is -1.62. The molecule has 1 aliphatic heterocycles. The number of hydrogen-bond donors (Lipinski definition) is 2. The van der Waals surface area contributed by atoms with Crippen LogP contribution in [0.25, 0.3) is 0 Å². The highest BCUT2D eigenvalue weighted by Gasteiger charge is 2.38. The zero-order valence-electron chi connectivity index (χ0n) is 10.6. The highest BCUT2D eigenvalue weighted by molar-refractivity contribution is 6.74. The Bertz CT molecular complexity index is 213. The van der Waals surface area contributed by atoms with Gasteiger partial charge in [-0.15, -0.1) is 0 Å². The van der Waals surface area contributed by atoms with Crippen molar-refractivity contribution >= 4 is 8.32 Å². The minimum absolute atomic E-state index is 0.268. The quantitative estimate of drug-likeness (QED) is 0.731. The Balaban J connectivity index is 2.36. The molecule has 3 nitrogen and oxygen atoms in total. The van der Waals surface area contributed by atoms with E-state index in [-0.39, 0.29) is 11.3 Å². The third-order valence-corrected chi connectivity index (χ3v) is 8.17. The standard InChI is InChI=1S/C11H25NO2Si/c1-11(2,3)15(4,5)14-8-9-6-7-10(13)12-9/h9-10,12-13H,6-8H2,1-5H3/t9-,10?/m0/s1. The lowest BCUT2D eigenvalue weighted by atomic mass is 10.2. The van der Waals surface area contributed by atoms with E-state index in [2.05, 4.69) is 39.2 Å². The second-order valence-corrected chi connectivity index (χ2v) is 10.8. The van der Waals surface area contributed by atoms with Crippen LogP contribution in [0.1, 0.15) is 33.6 Å². The number of aliphatic hydroxyl groups is 1. The number of nitrogens with one attached hydrogen (secondary N) is 1. The summed E-state index contributed by atoms with van der Waals surface area (Å²) in [5.74, 6) is 0. The first-order chi connectivity index (χ1) is 6.72. The largest absolute Gasteiger partial charge is 0.415 e. The maximum absolute atomic E-state index is 9.33. The molecule has 0 bridgehead atoms. The van der Waals surface area contributed by atoms with Gasteiger partial charge in [-0.25, -0.2) is 0 Å². The molecule has 0 radical (unpaired) electrons. The Kier molecular flexibility index (Phi) is 3.98. The van der Waals surface area contributed by atoms with Crippen LogP contribution >= 0.6 is 0 Å². The Hall–Kier alpha value is 0.0969. The summed E-state index contributed by atoms with van der Waals surface area (Å²) >= 11 is 0. The maximum Gasteiger partial charge on any atom is 0.192 e. The summed E-state index contributed by atoms with van der Waals surface area (Å²) in [5.41, 5.74) is 0. The molecule has 1 fully saturated rings. The number of rotatable bonds is 3. The average Bonchev–Trinajstić information content (AvgIpc) is 2.46. The van der Waals surface area contributed by atoms with Gasteiger partial charge in [0.25, 0.3) is 0 Å². The zero-order valence-corrected chi connectivity index (χ0v) is 11.6. The van der Waals surface area contributed by atoms with Gasteiger partial charge in [0.1, 0.15) is 6.23 Å². The fourth-order valence-electron chi connectivity index (χ4n) is 1.45. The molecule has 0 spiro atoms. The number of hydrogen-bond acceptors (Lipinski definition) is 3. The van der Waals surface area contributed by atoms with E-state index in [4.69, 9.17) is 4.43 Å². The van der Waals surface area contributed by atoms with E-state index >= 15 is 0 Å². The summed E-state index contributed by atoms with van der Waals surface area (Å²) in [4.78, 5) is 0. The van der Waals surface area contributed by atoms with Gasteiger partial charge in [0, 0.05) is 12.6 Å². The molecule has 1 aliphatic rings. The lowest BCUT2D eigenvalue weighted by Gasteiger charge is -2.37. The third-order valence-electron chi connectivity index (χ3n) is 3.67. The van der Waals surface area contributed by atoms with Gasteiger partial charge in [-0.05, 0) is 31.0 Å². The summed E-state index contributed by atoms with van der Waals surface area (Å²) in [6.07, 6.45) is 1.56. The van der Waals surface area contributed by atoms with E-state index in [9.17, 15) is 5.11 Å². The van der Waals surface area contributed by atoms with Crippen molar-refractivity contribution in [3.63, 3.8) is 0 Å². The molecule has 1 unspecified atom stereocenters. The topological polar surface area (TPSA) is 41.5 Å². The molecule has 0 amide bonds. The van der Waals surface area contributed by atoms with E-state index in [1.807, 2.05) is 0 Å². The average molecular weight is 231 g/mol. The second kappa shape index (κ2) is 4.53. The monoisotopic (exact) mass is 231 g/mol. The van der Waals surface area contributed by atoms with Crippen molar-refractivity contribution in [2.24, 2.45) is 0 Å². The summed E-state index contributed by atoms with van der Waals surface area (Å²) < 4.78 is 6.09. The van der Waals surface area contributed by atoms with Crippen molar-refractivity contribution in [1.29, 1.82) is 0 Å². The van der Waals surface area contributed by atoms with Crippen molar-refractivity contribution in [3.05, 3.63) is 0 Å². The van der Waals surface area contributed by atoms with Gasteiger partial charge in [0.2, 0.25) is 0 Å². The van der Waals surface area contributed by atoms with Crippen molar-refractivity contribution in [2.75, 3.05) is 6.61 Å². The van der Waals surface area contributed by atoms with E-state index < -0.39 is 8.32 Å². The number of aliphatic hydroxyl groups excluding tert-OH is 1. The predicted octanol–water partition coefficient (Wildman–Crippen LogP) is 2.08. The van der Waals surface area contributed by atoms with E-state index in [0.29, 0.717) is 6.04 Å². The summed E-state index contributed by atoms with van der Waals surface area (Å²) in [5, 5.41) is 12.7. The highest BCUT2D eigenvalue weighted by atomic mass is 28.4. The normalized spacial score (nSPS) is 28.4. The van der Waals surface area contributed by atoms with Crippen LogP contribution in [0.5, 0.6) is 0 Å². The van der Waals surface area contributed by atoms with Crippen molar-refractivity contribution in [2.45, 2.75) is 64.0 Å². The molecule has 0 saturated carbocycles. The molecule has 0 aromatic carbocycles. The Morgan fingerprint density at radius 2 is 1.93 bits per heavy atom. The van der Waals surface area contributed by atoms with Gasteiger partial charge in [-0.3, -0.25) is 5.32 Å². The molecule has 0 aromatic heterocycles. The minimum Gasteiger partial charge on any atom is -0.415 e. The van der Waals surface area contributed by atoms with E-state index in [1.165, 1.54) is 0 Å². The van der Waals surface area contributed by atoms with Gasteiger partial charge in [-0.2, -0.15) is 0 Å². The van der Waals surface area contributed by atoms with Crippen molar-refractivity contribution < 1.29 is 9.53 Å². The SMILES string of the molecule is CC(C)(C)[Si](C)(C)OC[C@@H]1CCC(O)N1. The Morgan fingerprint density at radius 1 is 1.33 bits per heavy atom. The summed E-state index contributed by atoms with van der Waals surface area (Å²) in [7, 11) is -1.62. The molecule has 0 aliphatic carbocycles. The first kappa shape index (κ1) is 13.2. The van der Waals surface area contributed by atoms with Gasteiger partial charge in [0.05, 0.1) is 0 Å². The van der Waals surface area contributed by atoms with Crippen LogP contribution in [0.3, 0.4) is 0 Å². The van der Waals surface area contributed by atoms with Crippen LogP contribution in [-0.2, 0) is 4.43 Å².